The highest BCUT2D eigenvalue weighted by atomic mass is 16.5. The zero-order valence-corrected chi connectivity index (χ0v) is 18.6. The van der Waals surface area contributed by atoms with Gasteiger partial charge in [0.05, 0.1) is 14.2 Å². The number of amides is 2. The van der Waals surface area contributed by atoms with E-state index in [1.165, 1.54) is 0 Å². The lowest BCUT2D eigenvalue weighted by Crippen LogP contribution is -2.40. The molecule has 1 N–H and O–H groups in total. The van der Waals surface area contributed by atoms with Crippen molar-refractivity contribution in [3.8, 4) is 11.5 Å². The Bertz CT molecular complexity index is 873. The second-order valence-corrected chi connectivity index (χ2v) is 7.95. The average molecular weight is 429 g/mol. The molecule has 31 heavy (non-hydrogen) atoms. The van der Waals surface area contributed by atoms with Crippen molar-refractivity contribution >= 4 is 17.5 Å². The van der Waals surface area contributed by atoms with E-state index in [4.69, 9.17) is 9.47 Å². The largest absolute Gasteiger partial charge is 0.497 e. The van der Waals surface area contributed by atoms with Crippen LogP contribution in [0.1, 0.15) is 37.9 Å². The van der Waals surface area contributed by atoms with Crippen molar-refractivity contribution in [3.63, 3.8) is 0 Å². The van der Waals surface area contributed by atoms with Gasteiger partial charge in [-0.1, -0.05) is 0 Å². The minimum absolute atomic E-state index is 0.0469. The highest BCUT2D eigenvalue weighted by Gasteiger charge is 2.24. The predicted molar refractivity (Wildman–Crippen MR) is 118 cm³/mol. The van der Waals surface area contributed by atoms with E-state index < -0.39 is 0 Å². The molecule has 1 aromatic heterocycles. The maximum Gasteiger partial charge on any atom is 0.224 e. The second-order valence-electron chi connectivity index (χ2n) is 7.95. The van der Waals surface area contributed by atoms with Gasteiger partial charge >= 0.3 is 0 Å². The molecule has 2 amide bonds. The Balaban J connectivity index is 1.45. The number of nitrogens with one attached hydrogen (secondary N) is 1. The summed E-state index contributed by atoms with van der Waals surface area (Å²) < 4.78 is 12.5. The summed E-state index contributed by atoms with van der Waals surface area (Å²) >= 11 is 0. The monoisotopic (exact) mass is 428 g/mol. The van der Waals surface area contributed by atoms with Gasteiger partial charge in [-0.05, 0) is 32.1 Å². The number of carbonyl (C=O) groups excluding carboxylic acids is 2. The number of rotatable bonds is 9. The van der Waals surface area contributed by atoms with Crippen molar-refractivity contribution in [3.05, 3.63) is 36.4 Å². The third kappa shape index (κ3) is 6.47. The van der Waals surface area contributed by atoms with Gasteiger partial charge in [0.15, 0.2) is 0 Å². The first-order chi connectivity index (χ1) is 15.0. The molecule has 0 radical (unpaired) electrons. The number of aromatic nitrogens is 2. The van der Waals surface area contributed by atoms with E-state index in [9.17, 15) is 9.59 Å². The van der Waals surface area contributed by atoms with Gasteiger partial charge in [0.2, 0.25) is 11.8 Å². The van der Waals surface area contributed by atoms with E-state index in [2.05, 4.69) is 10.3 Å². The van der Waals surface area contributed by atoms with E-state index in [1.54, 1.807) is 38.6 Å². The summed E-state index contributed by atoms with van der Waals surface area (Å²) in [4.78, 5) is 31.2. The van der Waals surface area contributed by atoms with Gasteiger partial charge in [0.1, 0.15) is 17.3 Å². The number of hydrogen-bond donors (Lipinski definition) is 1. The van der Waals surface area contributed by atoms with E-state index in [0.29, 0.717) is 42.5 Å². The van der Waals surface area contributed by atoms with Gasteiger partial charge in [-0.15, -0.1) is 0 Å². The lowest BCUT2D eigenvalue weighted by Gasteiger charge is -2.33. The summed E-state index contributed by atoms with van der Waals surface area (Å²) in [5, 5.41) is 2.92. The van der Waals surface area contributed by atoms with Crippen LogP contribution in [0.5, 0.6) is 11.5 Å². The van der Waals surface area contributed by atoms with Crippen LogP contribution in [-0.4, -0.2) is 53.6 Å². The van der Waals surface area contributed by atoms with Crippen LogP contribution in [0.25, 0.3) is 0 Å². The minimum atomic E-state index is -0.0469. The fraction of sp³-hybridized carbons (Fsp3) is 0.522. The number of methoxy groups -OCH3 is 2. The van der Waals surface area contributed by atoms with Crippen LogP contribution in [-0.2, 0) is 16.1 Å². The lowest BCUT2D eigenvalue weighted by molar-refractivity contribution is -0.133. The number of piperidine rings is 1. The summed E-state index contributed by atoms with van der Waals surface area (Å²) in [6, 6.07) is 5.30. The number of hydrogen-bond acceptors (Lipinski definition) is 5. The molecule has 1 aromatic carbocycles. The molecule has 8 heteroatoms. The fourth-order valence-electron chi connectivity index (χ4n) is 3.98. The molecule has 1 fully saturated rings. The molecule has 0 aliphatic carbocycles. The van der Waals surface area contributed by atoms with E-state index in [0.717, 1.165) is 38.2 Å². The molecular formula is C23H32N4O4. The average Bonchev–Trinajstić information content (AvgIpc) is 3.20. The first kappa shape index (κ1) is 22.7. The maximum atomic E-state index is 12.6. The maximum absolute atomic E-state index is 12.6. The van der Waals surface area contributed by atoms with Crippen molar-refractivity contribution in [2.75, 3.05) is 32.6 Å². The molecular weight excluding hydrogens is 396 g/mol. The smallest absolute Gasteiger partial charge is 0.224 e. The molecule has 0 spiro atoms. The first-order valence-electron chi connectivity index (χ1n) is 10.8. The van der Waals surface area contributed by atoms with Crippen LogP contribution in [0, 0.1) is 12.8 Å². The molecule has 1 aliphatic heterocycles. The van der Waals surface area contributed by atoms with Crippen molar-refractivity contribution in [2.45, 2.75) is 45.6 Å². The Kier molecular flexibility index (Phi) is 7.92. The lowest BCUT2D eigenvalue weighted by atomic mass is 9.93. The summed E-state index contributed by atoms with van der Waals surface area (Å²) in [6.07, 6.45) is 7.33. The van der Waals surface area contributed by atoms with Crippen molar-refractivity contribution < 1.29 is 19.1 Å². The van der Waals surface area contributed by atoms with E-state index in [-0.39, 0.29) is 11.8 Å². The number of nitrogens with zero attached hydrogens (tertiary/aromatic N) is 3. The summed E-state index contributed by atoms with van der Waals surface area (Å²) in [5.41, 5.74) is 0.649. The van der Waals surface area contributed by atoms with Gasteiger partial charge in [-0.2, -0.15) is 0 Å². The number of carbonyl (C=O) groups is 2. The SMILES string of the molecule is COc1cc(NC(=O)CCC2CCCN(C(=O)CCn3ccnc3C)C2)cc(OC)c1. The zero-order valence-electron chi connectivity index (χ0n) is 18.6. The normalized spacial score (nSPS) is 16.1. The van der Waals surface area contributed by atoms with Crippen LogP contribution in [0.15, 0.2) is 30.6 Å². The van der Waals surface area contributed by atoms with Gasteiger partial charge in [-0.25, -0.2) is 4.98 Å². The Hall–Kier alpha value is -3.03. The molecule has 0 saturated carbocycles. The minimum Gasteiger partial charge on any atom is -0.497 e. The molecule has 2 aromatic rings. The fourth-order valence-corrected chi connectivity index (χ4v) is 3.98. The number of benzene rings is 1. The quantitative estimate of drug-likeness (QED) is 0.663. The van der Waals surface area contributed by atoms with Crippen molar-refractivity contribution in [2.24, 2.45) is 5.92 Å². The summed E-state index contributed by atoms with van der Waals surface area (Å²) in [5.74, 6) is 2.64. The van der Waals surface area contributed by atoms with Crippen molar-refractivity contribution in [1.82, 2.24) is 14.5 Å². The molecule has 168 valence electrons. The van der Waals surface area contributed by atoms with Gasteiger partial charge in [0, 0.05) is 68.8 Å². The number of likely N-dealkylation sites (tertiary alicyclic amines) is 1. The van der Waals surface area contributed by atoms with Gasteiger partial charge in [0.25, 0.3) is 0 Å². The zero-order chi connectivity index (χ0) is 22.2. The standard InChI is InChI=1S/C23H32N4O4/c1-17-24-9-12-26(17)11-8-23(29)27-10-4-5-18(16-27)6-7-22(28)25-19-13-20(30-2)15-21(14-19)31-3/h9,12-15,18H,4-8,10-11,16H2,1-3H3,(H,25,28). The highest BCUT2D eigenvalue weighted by molar-refractivity contribution is 5.91. The second kappa shape index (κ2) is 10.8. The van der Waals surface area contributed by atoms with Gasteiger partial charge in [-0.3, -0.25) is 9.59 Å². The number of imidazole rings is 1. The Morgan fingerprint density at radius 2 is 1.90 bits per heavy atom. The van der Waals surface area contributed by atoms with Crippen LogP contribution in [0.4, 0.5) is 5.69 Å². The molecule has 1 saturated heterocycles. The van der Waals surface area contributed by atoms with Crippen LogP contribution in [0.2, 0.25) is 0 Å². The molecule has 2 heterocycles. The third-order valence-electron chi connectivity index (χ3n) is 5.78. The van der Waals surface area contributed by atoms with Crippen LogP contribution < -0.4 is 14.8 Å². The van der Waals surface area contributed by atoms with Crippen LogP contribution in [0.3, 0.4) is 0 Å². The third-order valence-corrected chi connectivity index (χ3v) is 5.78. The number of aryl methyl sites for hydroxylation is 2. The Morgan fingerprint density at radius 1 is 1.16 bits per heavy atom. The summed E-state index contributed by atoms with van der Waals surface area (Å²) in [7, 11) is 3.15. The topological polar surface area (TPSA) is 85.7 Å². The predicted octanol–water partition coefficient (Wildman–Crippen LogP) is 3.26. The Morgan fingerprint density at radius 3 is 2.55 bits per heavy atom. The number of anilines is 1. The first-order valence-corrected chi connectivity index (χ1v) is 10.8. The molecule has 1 atom stereocenters. The van der Waals surface area contributed by atoms with E-state index in [1.807, 2.05) is 22.6 Å². The molecule has 1 aliphatic rings. The van der Waals surface area contributed by atoms with Crippen molar-refractivity contribution in [1.29, 1.82) is 0 Å². The van der Waals surface area contributed by atoms with Crippen LogP contribution >= 0.6 is 0 Å². The van der Waals surface area contributed by atoms with Gasteiger partial charge < -0.3 is 24.3 Å². The highest BCUT2D eigenvalue weighted by Crippen LogP contribution is 2.26. The Labute approximate surface area is 183 Å². The number of ether oxygens (including phenoxy) is 2. The molecule has 8 nitrogen and oxygen atoms in total. The molecule has 0 bridgehead atoms. The molecule has 3 rings (SSSR count). The molecule has 1 unspecified atom stereocenters. The summed E-state index contributed by atoms with van der Waals surface area (Å²) in [6.45, 7) is 4.11. The van der Waals surface area contributed by atoms with E-state index >= 15 is 0 Å².